The zero-order valence-electron chi connectivity index (χ0n) is 8.44. The molecular formula is C14H8O2. The van der Waals surface area contributed by atoms with E-state index in [4.69, 9.17) is 0 Å². The summed E-state index contributed by atoms with van der Waals surface area (Å²) < 4.78 is 0. The maximum atomic E-state index is 11.8. The topological polar surface area (TPSA) is 34.1 Å². The third kappa shape index (κ3) is 1.20. The molecule has 0 radical (unpaired) electrons. The van der Waals surface area contributed by atoms with E-state index >= 15 is 0 Å². The zero-order valence-corrected chi connectivity index (χ0v) is 8.44. The highest BCUT2D eigenvalue weighted by atomic mass is 16.1. The van der Waals surface area contributed by atoms with Crippen molar-refractivity contribution in [3.63, 3.8) is 0 Å². The molecule has 0 saturated heterocycles. The molecule has 1 aromatic rings. The lowest BCUT2D eigenvalue weighted by Crippen LogP contribution is -2.26. The molecule has 0 fully saturated rings. The smallest absolute Gasteiger partial charge is 0.187 e. The van der Waals surface area contributed by atoms with Crippen LogP contribution in [0.3, 0.4) is 0 Å². The first-order valence-corrected chi connectivity index (χ1v) is 5.05. The Hall–Kier alpha value is -2.22. The predicted molar refractivity (Wildman–Crippen MR) is 62.1 cm³/mol. The average Bonchev–Trinajstić information content (AvgIpc) is 2.29. The van der Waals surface area contributed by atoms with Gasteiger partial charge >= 0.3 is 0 Å². The first-order valence-electron chi connectivity index (χ1n) is 5.05. The predicted octanol–water partition coefficient (Wildman–Crippen LogP) is 0.596. The van der Waals surface area contributed by atoms with Gasteiger partial charge in [-0.3, -0.25) is 9.59 Å². The summed E-state index contributed by atoms with van der Waals surface area (Å²) in [5, 5.41) is 1.74. The molecule has 0 saturated carbocycles. The Morgan fingerprint density at radius 2 is 1.69 bits per heavy atom. The van der Waals surface area contributed by atoms with Crippen LogP contribution in [0.25, 0.3) is 18.2 Å². The van der Waals surface area contributed by atoms with Crippen molar-refractivity contribution < 1.29 is 9.59 Å². The molecule has 1 aromatic carbocycles. The van der Waals surface area contributed by atoms with Crippen molar-refractivity contribution in [2.45, 2.75) is 0 Å². The zero-order chi connectivity index (χ0) is 11.1. The van der Waals surface area contributed by atoms with E-state index < -0.39 is 0 Å². The van der Waals surface area contributed by atoms with Crippen molar-refractivity contribution >= 4 is 29.8 Å². The summed E-state index contributed by atoms with van der Waals surface area (Å²) in [7, 11) is 0. The highest BCUT2D eigenvalue weighted by Gasteiger charge is 2.14. The van der Waals surface area contributed by atoms with Crippen LogP contribution >= 0.6 is 0 Å². The molecule has 0 aliphatic heterocycles. The minimum Gasteiger partial charge on any atom is -0.290 e. The molecule has 3 rings (SSSR count). The summed E-state index contributed by atoms with van der Waals surface area (Å²) in [5.41, 5.74) is 1.54. The largest absolute Gasteiger partial charge is 0.290 e. The fraction of sp³-hybridized carbons (Fsp3) is 0. The summed E-state index contributed by atoms with van der Waals surface area (Å²) in [6.45, 7) is 0. The van der Waals surface area contributed by atoms with Gasteiger partial charge in [-0.05, 0) is 40.3 Å². The second-order valence-corrected chi connectivity index (χ2v) is 3.80. The molecule has 0 heterocycles. The Morgan fingerprint density at radius 3 is 2.56 bits per heavy atom. The molecule has 0 spiro atoms. The van der Waals surface area contributed by atoms with E-state index in [0.29, 0.717) is 5.56 Å². The van der Waals surface area contributed by atoms with Gasteiger partial charge in [0.25, 0.3) is 0 Å². The first kappa shape index (κ1) is 9.04. The van der Waals surface area contributed by atoms with Crippen LogP contribution in [0.1, 0.15) is 15.9 Å². The monoisotopic (exact) mass is 208 g/mol. The number of benzene rings is 1. The van der Waals surface area contributed by atoms with Gasteiger partial charge in [-0.2, -0.15) is 0 Å². The Kier molecular flexibility index (Phi) is 1.77. The Balaban J connectivity index is 2.47. The van der Waals surface area contributed by atoms with E-state index in [1.54, 1.807) is 24.3 Å². The number of rotatable bonds is 0. The molecule has 0 aromatic heterocycles. The second kappa shape index (κ2) is 3.14. The van der Waals surface area contributed by atoms with E-state index in [9.17, 15) is 9.59 Å². The van der Waals surface area contributed by atoms with E-state index in [1.807, 2.05) is 18.2 Å². The van der Waals surface area contributed by atoms with Gasteiger partial charge < -0.3 is 0 Å². The summed E-state index contributed by atoms with van der Waals surface area (Å²) in [4.78, 5) is 23.0. The van der Waals surface area contributed by atoms with E-state index in [2.05, 4.69) is 0 Å². The van der Waals surface area contributed by atoms with Gasteiger partial charge in [0.1, 0.15) is 0 Å². The summed E-state index contributed by atoms with van der Waals surface area (Å²) in [6.07, 6.45) is 9.98. The molecule has 76 valence electrons. The first-order chi connectivity index (χ1) is 7.75. The summed E-state index contributed by atoms with van der Waals surface area (Å²) >= 11 is 0. The van der Waals surface area contributed by atoms with Gasteiger partial charge in [0.2, 0.25) is 0 Å². The summed E-state index contributed by atoms with van der Waals surface area (Å²) in [6, 6.07) is 3.75. The number of carbonyl (C=O) groups excluding carboxylic acids is 2. The SMILES string of the molecule is O=C1C=Cc2c3c(ccc2=C1)=CC=CC3=O. The van der Waals surface area contributed by atoms with Gasteiger partial charge in [0, 0.05) is 5.56 Å². The minimum absolute atomic E-state index is 0.00162. The number of hydrogen-bond acceptors (Lipinski definition) is 2. The van der Waals surface area contributed by atoms with Gasteiger partial charge in [-0.15, -0.1) is 0 Å². The molecule has 0 atom stereocenters. The van der Waals surface area contributed by atoms with E-state index in [1.165, 1.54) is 6.08 Å². The normalized spacial score (nSPS) is 16.2. The van der Waals surface area contributed by atoms with Gasteiger partial charge in [-0.1, -0.05) is 24.3 Å². The van der Waals surface area contributed by atoms with E-state index in [-0.39, 0.29) is 11.6 Å². The fourth-order valence-electron chi connectivity index (χ4n) is 2.06. The van der Waals surface area contributed by atoms with Gasteiger partial charge in [0.15, 0.2) is 11.6 Å². The highest BCUT2D eigenvalue weighted by Crippen LogP contribution is 2.09. The summed E-state index contributed by atoms with van der Waals surface area (Å²) in [5.74, 6) is -0.0306. The maximum absolute atomic E-state index is 11.8. The average molecular weight is 208 g/mol. The Bertz CT molecular complexity index is 688. The van der Waals surface area contributed by atoms with Crippen LogP contribution in [0.4, 0.5) is 0 Å². The quantitative estimate of drug-likeness (QED) is 0.625. The van der Waals surface area contributed by atoms with Crippen LogP contribution in [0.5, 0.6) is 0 Å². The lowest BCUT2D eigenvalue weighted by atomic mass is 9.93. The Labute approximate surface area is 91.9 Å². The number of hydrogen-bond donors (Lipinski definition) is 0. The van der Waals surface area contributed by atoms with Crippen LogP contribution < -0.4 is 10.4 Å². The molecule has 0 N–H and O–H groups in total. The molecule has 2 aliphatic carbocycles. The van der Waals surface area contributed by atoms with Crippen LogP contribution in [0.15, 0.2) is 30.4 Å². The molecular weight excluding hydrogens is 200 g/mol. The van der Waals surface area contributed by atoms with Gasteiger partial charge in [-0.25, -0.2) is 0 Å². The highest BCUT2D eigenvalue weighted by molar-refractivity contribution is 6.18. The second-order valence-electron chi connectivity index (χ2n) is 3.80. The fourth-order valence-corrected chi connectivity index (χ4v) is 2.06. The lowest BCUT2D eigenvalue weighted by Gasteiger charge is -2.09. The molecule has 0 unspecified atom stereocenters. The molecule has 2 heteroatoms. The maximum Gasteiger partial charge on any atom is 0.187 e. The van der Waals surface area contributed by atoms with Crippen LogP contribution in [-0.2, 0) is 4.79 Å². The van der Waals surface area contributed by atoms with Crippen molar-refractivity contribution in [3.8, 4) is 0 Å². The van der Waals surface area contributed by atoms with E-state index in [0.717, 1.165) is 16.0 Å². The number of allylic oxidation sites excluding steroid dienone is 3. The third-order valence-electron chi connectivity index (χ3n) is 2.79. The minimum atomic E-state index is -0.0322. The third-order valence-corrected chi connectivity index (χ3v) is 2.79. The molecule has 0 bridgehead atoms. The van der Waals surface area contributed by atoms with Gasteiger partial charge in [0.05, 0.1) is 0 Å². The van der Waals surface area contributed by atoms with Crippen molar-refractivity contribution in [1.82, 2.24) is 0 Å². The van der Waals surface area contributed by atoms with Crippen LogP contribution in [0.2, 0.25) is 0 Å². The van der Waals surface area contributed by atoms with Crippen molar-refractivity contribution in [2.75, 3.05) is 0 Å². The molecule has 2 aliphatic rings. The standard InChI is InChI=1S/C14H8O2/c15-11-6-7-12-10(8-11)5-4-9-2-1-3-13(16)14(9)12/h1-8H. The van der Waals surface area contributed by atoms with Crippen LogP contribution in [-0.4, -0.2) is 11.6 Å². The van der Waals surface area contributed by atoms with Crippen LogP contribution in [0, 0.1) is 0 Å². The van der Waals surface area contributed by atoms with Crippen molar-refractivity contribution in [1.29, 1.82) is 0 Å². The lowest BCUT2D eigenvalue weighted by molar-refractivity contribution is -0.109. The Morgan fingerprint density at radius 1 is 0.875 bits per heavy atom. The molecule has 2 nitrogen and oxygen atoms in total. The van der Waals surface area contributed by atoms with Crippen molar-refractivity contribution in [2.24, 2.45) is 0 Å². The van der Waals surface area contributed by atoms with Crippen molar-refractivity contribution in [3.05, 3.63) is 51.9 Å². The number of fused-ring (bicyclic) bond motifs is 3. The number of ketones is 2. The molecule has 0 amide bonds. The number of carbonyl (C=O) groups is 2. The molecule has 16 heavy (non-hydrogen) atoms.